The van der Waals surface area contributed by atoms with Gasteiger partial charge in [-0.05, 0) is 70.2 Å². The number of nitrogens with zero attached hydrogens (tertiary/aromatic N) is 5. The van der Waals surface area contributed by atoms with Gasteiger partial charge in [-0.15, -0.1) is 0 Å². The number of hydrogen-bond donors (Lipinski definition) is 0. The van der Waals surface area contributed by atoms with Crippen LogP contribution in [0.15, 0.2) is 204 Å². The Morgan fingerprint density at radius 1 is 0.485 bits per heavy atom. The molecule has 4 aromatic heterocycles. The third kappa shape index (κ3) is 5.15. The van der Waals surface area contributed by atoms with Gasteiger partial charge in [0.1, 0.15) is 11.2 Å². The first-order valence-electron chi connectivity index (χ1n) is 34.7. The predicted molar refractivity (Wildman–Crippen MR) is 270 cm³/mol. The Labute approximate surface area is 420 Å². The predicted octanol–water partition coefficient (Wildman–Crippen LogP) is 15.3. The molecule has 0 saturated carbocycles. The van der Waals surface area contributed by atoms with Gasteiger partial charge in [-0.25, -0.2) is 4.98 Å². The molecule has 1 aliphatic carbocycles. The van der Waals surface area contributed by atoms with Crippen LogP contribution in [0.1, 0.15) is 64.6 Å². The number of furan rings is 1. The van der Waals surface area contributed by atoms with Crippen molar-refractivity contribution in [1.82, 2.24) is 24.1 Å². The van der Waals surface area contributed by atoms with Crippen molar-refractivity contribution in [3.8, 4) is 56.7 Å². The van der Waals surface area contributed by atoms with Crippen LogP contribution in [0.25, 0.3) is 122 Å². The zero-order valence-electron chi connectivity index (χ0n) is 62.4. The molecule has 310 valence electrons. The molecule has 0 saturated heterocycles. The molecule has 66 heavy (non-hydrogen) atoms. The summed E-state index contributed by atoms with van der Waals surface area (Å²) in [5.74, 6) is -2.01. The quantitative estimate of drug-likeness (QED) is 0.173. The van der Waals surface area contributed by atoms with Crippen LogP contribution in [0.2, 0.25) is 0 Å². The Bertz CT molecular complexity index is 5690. The maximum Gasteiger partial charge on any atom is 0.238 e. The zero-order chi connectivity index (χ0) is 68.7. The van der Waals surface area contributed by atoms with Crippen molar-refractivity contribution in [3.63, 3.8) is 0 Å². The topological polar surface area (TPSA) is 61.7 Å². The van der Waals surface area contributed by atoms with Gasteiger partial charge in [0, 0.05) is 57.3 Å². The van der Waals surface area contributed by atoms with Crippen LogP contribution in [0.4, 0.5) is 0 Å². The van der Waals surface area contributed by atoms with Crippen LogP contribution >= 0.6 is 0 Å². The van der Waals surface area contributed by atoms with Crippen LogP contribution in [0, 0.1) is 0 Å². The van der Waals surface area contributed by atoms with E-state index in [1.165, 1.54) is 4.57 Å². The molecule has 0 radical (unpaired) electrons. The van der Waals surface area contributed by atoms with E-state index >= 15 is 0 Å². The fourth-order valence-corrected chi connectivity index (χ4v) is 9.13. The van der Waals surface area contributed by atoms with E-state index in [2.05, 4.69) is 4.98 Å². The second-order valence-corrected chi connectivity index (χ2v) is 15.4. The lowest BCUT2D eigenvalue weighted by molar-refractivity contribution is 0.660. The highest BCUT2D eigenvalue weighted by Gasteiger charge is 2.37. The molecule has 0 aliphatic heterocycles. The highest BCUT2D eigenvalue weighted by molar-refractivity contribution is 6.21. The second-order valence-electron chi connectivity index (χ2n) is 15.4. The molecular weight excluding hydrogens is 807 g/mol. The van der Waals surface area contributed by atoms with E-state index in [4.69, 9.17) is 43.2 Å². The molecule has 4 heterocycles. The molecule has 13 aromatic rings. The third-order valence-electron chi connectivity index (χ3n) is 11.9. The summed E-state index contributed by atoms with van der Waals surface area (Å²) in [4.78, 5) is 14.3. The van der Waals surface area contributed by atoms with E-state index in [0.29, 0.717) is 27.1 Å². The molecule has 0 unspecified atom stereocenters. The smallest absolute Gasteiger partial charge is 0.238 e. The van der Waals surface area contributed by atoms with E-state index in [1.807, 2.05) is 0 Å². The van der Waals surface area contributed by atoms with Gasteiger partial charge in [-0.3, -0.25) is 4.57 Å². The molecule has 0 fully saturated rings. The lowest BCUT2D eigenvalue weighted by Crippen LogP contribution is -2.14. The summed E-state index contributed by atoms with van der Waals surface area (Å²) in [5, 5.41) is 0.988. The summed E-state index contributed by atoms with van der Waals surface area (Å²) in [6.07, 6.45) is 0. The summed E-state index contributed by atoms with van der Waals surface area (Å²) < 4.78 is 271. The zero-order valence-corrected chi connectivity index (χ0v) is 33.4. The molecule has 1 aliphatic rings. The normalized spacial score (nSPS) is 19.7. The number of para-hydroxylation sites is 3. The van der Waals surface area contributed by atoms with Gasteiger partial charge >= 0.3 is 0 Å². The van der Waals surface area contributed by atoms with Crippen molar-refractivity contribution in [1.29, 1.82) is 0 Å². The number of fused-ring (bicyclic) bond motifs is 12. The highest BCUT2D eigenvalue weighted by atomic mass is 16.3. The molecule has 0 bridgehead atoms. The summed E-state index contributed by atoms with van der Waals surface area (Å²) in [7, 11) is 0. The Morgan fingerprint density at radius 2 is 1.11 bits per heavy atom. The third-order valence-corrected chi connectivity index (χ3v) is 11.9. The lowest BCUT2D eigenvalue weighted by atomic mass is 9.82. The van der Waals surface area contributed by atoms with Crippen LogP contribution in [-0.4, -0.2) is 24.1 Å². The molecular formula is C60H39N5O. The summed E-state index contributed by atoms with van der Waals surface area (Å²) in [6.45, 7) is -7.62. The Hall–Kier alpha value is -8.61. The lowest BCUT2D eigenvalue weighted by Gasteiger charge is -2.21. The van der Waals surface area contributed by atoms with Gasteiger partial charge < -0.3 is 8.98 Å². The van der Waals surface area contributed by atoms with Crippen LogP contribution in [-0.2, 0) is 5.41 Å². The number of rotatable bonds is 5. The Kier molecular flexibility index (Phi) is 3.83. The fraction of sp³-hybridized carbons (Fsp3) is 0.0500. The first kappa shape index (κ1) is 18.5. The molecule has 6 nitrogen and oxygen atoms in total. The van der Waals surface area contributed by atoms with Gasteiger partial charge in [0.05, 0.1) is 64.7 Å². The molecule has 0 N–H and O–H groups in total. The van der Waals surface area contributed by atoms with E-state index in [0.717, 1.165) is 0 Å². The van der Waals surface area contributed by atoms with Crippen molar-refractivity contribution >= 4 is 65.6 Å². The monoisotopic (exact) mass is 874 g/mol. The number of aromatic nitrogens is 5. The van der Waals surface area contributed by atoms with Gasteiger partial charge in [0.15, 0.2) is 11.6 Å². The van der Waals surface area contributed by atoms with E-state index in [1.54, 1.807) is 65.2 Å². The summed E-state index contributed by atoms with van der Waals surface area (Å²) in [5.41, 5.74) is -9.61. The van der Waals surface area contributed by atoms with Gasteiger partial charge in [-0.1, -0.05) is 171 Å². The van der Waals surface area contributed by atoms with Crippen molar-refractivity contribution < 1.29 is 44.2 Å². The van der Waals surface area contributed by atoms with E-state index < -0.39 is 231 Å². The molecule has 0 amide bonds. The van der Waals surface area contributed by atoms with E-state index in [-0.39, 0.29) is 33.0 Å². The van der Waals surface area contributed by atoms with Gasteiger partial charge in [0.25, 0.3) is 0 Å². The first-order chi connectivity index (χ1) is 44.6. The second kappa shape index (κ2) is 13.7. The van der Waals surface area contributed by atoms with Crippen molar-refractivity contribution in [2.24, 2.45) is 0 Å². The van der Waals surface area contributed by atoms with Gasteiger partial charge in [0.2, 0.25) is 5.95 Å². The number of hydrogen-bond acceptors (Lipinski definition) is 4. The van der Waals surface area contributed by atoms with Crippen LogP contribution < -0.4 is 0 Å². The SMILES string of the molecule is [2H]c1c([2H])c([2H])c(-c2nc(-c3c([2H])c([2H])c([2H])c4c3-c3c([2H])c([2H])c([2H])c([2H])c3C4(C([2H])([2H])[2H])C([2H])([2H])[2H])nc(-n3c4ccccc4c4cc5c(cc43)c3ccccc3n5-c3c([2H])c([2H])c(-c4c([2H])c([2H])c([2H])c([2H])c4[2H])c4oc5c([2H])c([2H])c([2H])c([2H])c5c34)n2)c([2H])c1[2H]. The minimum atomic E-state index is -3.81. The van der Waals surface area contributed by atoms with Crippen molar-refractivity contribution in [2.45, 2.75) is 19.1 Å². The average Bonchev–Trinajstić information content (AvgIpc) is 1.51. The minimum absolute atomic E-state index is 0.199. The van der Waals surface area contributed by atoms with Gasteiger partial charge in [-0.2, -0.15) is 9.97 Å². The molecule has 6 heteroatoms. The Balaban J connectivity index is 1.15. The van der Waals surface area contributed by atoms with E-state index in [9.17, 15) is 11.0 Å². The van der Waals surface area contributed by atoms with Crippen LogP contribution in [0.5, 0.6) is 0 Å². The van der Waals surface area contributed by atoms with Crippen molar-refractivity contribution in [3.05, 3.63) is 211 Å². The van der Waals surface area contributed by atoms with Crippen molar-refractivity contribution in [2.75, 3.05) is 0 Å². The fourth-order valence-electron chi connectivity index (χ4n) is 9.13. The largest absolute Gasteiger partial charge is 0.455 e. The molecule has 0 atom stereocenters. The molecule has 0 spiro atoms. The minimum Gasteiger partial charge on any atom is -0.455 e. The maximum absolute atomic E-state index is 10.0. The Morgan fingerprint density at radius 3 is 1.88 bits per heavy atom. The molecule has 9 aromatic carbocycles. The summed E-state index contributed by atoms with van der Waals surface area (Å²) in [6, 6.07) is -3.17. The summed E-state index contributed by atoms with van der Waals surface area (Å²) >= 11 is 0. The highest BCUT2D eigenvalue weighted by Crippen LogP contribution is 2.52. The molecule has 14 rings (SSSR count). The number of benzene rings is 9. The first-order valence-corrected chi connectivity index (χ1v) is 20.2. The standard InChI is InChI=1S/C60H39N5O/c1-60(2)46-27-13-9-24-41(46)54-43(26-17-28-47(54)60)58-61-57(37-20-7-4-8-21-37)62-59(63-58)65-49-30-15-11-23-40(49)45-34-51-44(35-52(45)65)39-22-10-14-29-48(39)64(51)50-33-32-38(36-18-5-3-6-19-36)56-55(50)42-25-12-16-31-53(42)66-56/h3-35H,1-2H3/i1D3,2D3,3D,4D,5D,6D,7D,8D,9D,12D,13D,16D,17D,18D,19D,20D,21D,24D,25D,26D,27D,28D,31D,32D,33D. The van der Waals surface area contributed by atoms with Crippen LogP contribution in [0.3, 0.4) is 0 Å². The average molecular weight is 875 g/mol. The maximum atomic E-state index is 10.0.